The topological polar surface area (TPSA) is 22.9 Å². The number of fused-ring (bicyclic) bond motifs is 6. The fourth-order valence-corrected chi connectivity index (χ4v) is 10.5. The smallest absolute Gasteiger partial charge is 0.256 e. The predicted molar refractivity (Wildman–Crippen MR) is 265 cm³/mol. The van der Waals surface area contributed by atoms with Crippen molar-refractivity contribution >= 4 is 74.5 Å². The van der Waals surface area contributed by atoms with Gasteiger partial charge in [0.05, 0.1) is 0 Å². The molecule has 1 aromatic heterocycles. The molecule has 2 aliphatic heterocycles. The maximum Gasteiger partial charge on any atom is 0.256 e. The van der Waals surface area contributed by atoms with Crippen LogP contribution in [0.2, 0.25) is 0 Å². The number of hydrogen-bond donors (Lipinski definition) is 0. The molecule has 62 heavy (non-hydrogen) atoms. The van der Waals surface area contributed by atoms with E-state index in [9.17, 15) is 0 Å². The van der Waals surface area contributed by atoms with Crippen LogP contribution < -0.4 is 31.1 Å². The molecule has 1 aliphatic carbocycles. The van der Waals surface area contributed by atoms with Crippen molar-refractivity contribution in [1.82, 2.24) is 0 Å². The average Bonchev–Trinajstić information content (AvgIpc) is 3.66. The lowest BCUT2D eigenvalue weighted by Crippen LogP contribution is -2.62. The van der Waals surface area contributed by atoms with E-state index in [1.165, 1.54) is 61.4 Å². The lowest BCUT2D eigenvalue weighted by molar-refractivity contribution is 0.280. The number of para-hydroxylation sites is 2. The van der Waals surface area contributed by atoms with Crippen molar-refractivity contribution in [3.8, 4) is 0 Å². The number of furan rings is 1. The van der Waals surface area contributed by atoms with Crippen LogP contribution in [0.25, 0.3) is 0 Å². The van der Waals surface area contributed by atoms with E-state index in [1.807, 2.05) is 0 Å². The highest BCUT2D eigenvalue weighted by Crippen LogP contribution is 2.53. The third-order valence-electron chi connectivity index (χ3n) is 14.0. The van der Waals surface area contributed by atoms with Crippen LogP contribution >= 0.6 is 0 Å². The standard InChI is InChI=1S/C57H60BN3O/c1-37-34-47-50-48(35-37)61(44-29-27-42(28-30-44)59(40-18-14-12-15-19-40)41-20-16-13-17-21-41)53-51(49-52(62-53)57(10,11)33-32-56(49,8)9)58(50)45-36-39(55(5,6)7)24-31-46(45)60(47)43-25-22-38(23-26-43)54(2,3)4/h12-31,34-36H,32-33H2,1-11H3. The minimum atomic E-state index is -0.111. The van der Waals surface area contributed by atoms with Crippen LogP contribution in [0.15, 0.2) is 144 Å². The average molecular weight is 814 g/mol. The summed E-state index contributed by atoms with van der Waals surface area (Å²) in [7, 11) is 0. The van der Waals surface area contributed by atoms with Gasteiger partial charge in [-0.3, -0.25) is 4.90 Å². The predicted octanol–water partition coefficient (Wildman–Crippen LogP) is 14.1. The van der Waals surface area contributed by atoms with Gasteiger partial charge in [-0.25, -0.2) is 0 Å². The highest BCUT2D eigenvalue weighted by atomic mass is 16.4. The molecule has 0 spiro atoms. The lowest BCUT2D eigenvalue weighted by atomic mass is 9.32. The molecule has 4 nitrogen and oxygen atoms in total. The van der Waals surface area contributed by atoms with Gasteiger partial charge in [0.1, 0.15) is 5.76 Å². The van der Waals surface area contributed by atoms with Gasteiger partial charge in [-0.1, -0.05) is 130 Å². The van der Waals surface area contributed by atoms with Crippen molar-refractivity contribution in [2.75, 3.05) is 14.7 Å². The van der Waals surface area contributed by atoms with E-state index in [0.717, 1.165) is 47.2 Å². The molecule has 3 heterocycles. The first-order valence-corrected chi connectivity index (χ1v) is 22.6. The molecule has 7 aromatic rings. The van der Waals surface area contributed by atoms with E-state index in [0.29, 0.717) is 0 Å². The molecule has 0 N–H and O–H groups in total. The molecule has 3 aliphatic rings. The van der Waals surface area contributed by atoms with Crippen LogP contribution in [0.4, 0.5) is 51.4 Å². The van der Waals surface area contributed by atoms with Crippen LogP contribution in [0, 0.1) is 6.92 Å². The molecule has 0 amide bonds. The fourth-order valence-electron chi connectivity index (χ4n) is 10.5. The molecule has 10 rings (SSSR count). The second kappa shape index (κ2) is 14.0. The number of benzene rings is 6. The van der Waals surface area contributed by atoms with Crippen molar-refractivity contribution in [1.29, 1.82) is 0 Å². The summed E-state index contributed by atoms with van der Waals surface area (Å²) in [4.78, 5) is 7.34. The van der Waals surface area contributed by atoms with Crippen molar-refractivity contribution in [2.45, 2.75) is 111 Å². The van der Waals surface area contributed by atoms with Gasteiger partial charge in [0.2, 0.25) is 0 Å². The van der Waals surface area contributed by atoms with E-state index in [-0.39, 0.29) is 28.4 Å². The van der Waals surface area contributed by atoms with Gasteiger partial charge < -0.3 is 14.2 Å². The largest absolute Gasteiger partial charge is 0.444 e. The van der Waals surface area contributed by atoms with Gasteiger partial charge >= 0.3 is 0 Å². The van der Waals surface area contributed by atoms with Crippen LogP contribution in [0.5, 0.6) is 0 Å². The SMILES string of the molecule is Cc1cc2c3c(c1)N(c1ccc(N(c4ccccc4)c4ccccc4)cc1)c1oc4c(c1B3c1cc(C(C)(C)C)ccc1N2c1ccc(C(C)(C)C)cc1)C(C)(C)CCC4(C)C. The highest BCUT2D eigenvalue weighted by Gasteiger charge is 2.52. The quantitative estimate of drug-likeness (QED) is 0.161. The van der Waals surface area contributed by atoms with E-state index >= 15 is 0 Å². The molecule has 0 saturated carbocycles. The molecule has 0 unspecified atom stereocenters. The first-order valence-electron chi connectivity index (χ1n) is 22.6. The summed E-state index contributed by atoms with van der Waals surface area (Å²) in [6, 6.07) is 51.9. The zero-order valence-electron chi connectivity index (χ0n) is 38.5. The molecule has 0 saturated heterocycles. The van der Waals surface area contributed by atoms with Crippen LogP contribution in [-0.4, -0.2) is 6.71 Å². The third-order valence-corrected chi connectivity index (χ3v) is 14.0. The third kappa shape index (κ3) is 6.41. The van der Waals surface area contributed by atoms with E-state index in [1.54, 1.807) is 0 Å². The number of anilines is 9. The van der Waals surface area contributed by atoms with Gasteiger partial charge in [0.25, 0.3) is 6.71 Å². The van der Waals surface area contributed by atoms with Crippen molar-refractivity contribution in [3.63, 3.8) is 0 Å². The summed E-state index contributed by atoms with van der Waals surface area (Å²) < 4.78 is 7.53. The zero-order valence-corrected chi connectivity index (χ0v) is 38.5. The Balaban J connectivity index is 1.25. The first-order chi connectivity index (χ1) is 29.4. The molecule has 5 heteroatoms. The van der Waals surface area contributed by atoms with E-state index < -0.39 is 0 Å². The molecule has 0 fully saturated rings. The summed E-state index contributed by atoms with van der Waals surface area (Å²) in [5.41, 5.74) is 18.4. The van der Waals surface area contributed by atoms with Crippen molar-refractivity contribution < 1.29 is 4.42 Å². The van der Waals surface area contributed by atoms with Gasteiger partial charge in [0, 0.05) is 50.9 Å². The Bertz CT molecular complexity index is 2780. The van der Waals surface area contributed by atoms with Crippen molar-refractivity contribution in [3.05, 3.63) is 168 Å². The zero-order chi connectivity index (χ0) is 43.5. The van der Waals surface area contributed by atoms with Gasteiger partial charge in [-0.15, -0.1) is 0 Å². The minimum absolute atomic E-state index is 0.0131. The Kier molecular flexibility index (Phi) is 9.09. The molecule has 0 atom stereocenters. The number of nitrogens with zero attached hydrogens (tertiary/aromatic N) is 3. The summed E-state index contributed by atoms with van der Waals surface area (Å²) in [6.45, 7) is 25.8. The normalized spacial score (nSPS) is 16.0. The Morgan fingerprint density at radius 2 is 1.03 bits per heavy atom. The van der Waals surface area contributed by atoms with E-state index in [4.69, 9.17) is 4.42 Å². The number of aryl methyl sites for hydroxylation is 1. The second-order valence-corrected chi connectivity index (χ2v) is 21.5. The first kappa shape index (κ1) is 40.2. The van der Waals surface area contributed by atoms with Crippen LogP contribution in [-0.2, 0) is 21.7 Å². The maximum atomic E-state index is 7.53. The maximum absolute atomic E-state index is 7.53. The number of rotatable bonds is 5. The van der Waals surface area contributed by atoms with Gasteiger partial charge in [-0.05, 0) is 154 Å². The molecular formula is C57H60BN3O. The summed E-state index contributed by atoms with van der Waals surface area (Å²) >= 11 is 0. The Morgan fingerprint density at radius 1 is 0.532 bits per heavy atom. The fraction of sp³-hybridized carbons (Fsp3) is 0.298. The molecular weight excluding hydrogens is 753 g/mol. The number of hydrogen-bond acceptors (Lipinski definition) is 4. The highest BCUT2D eigenvalue weighted by molar-refractivity contribution is 7.00. The molecule has 0 radical (unpaired) electrons. The molecule has 0 bridgehead atoms. The van der Waals surface area contributed by atoms with Crippen molar-refractivity contribution in [2.24, 2.45) is 0 Å². The lowest BCUT2D eigenvalue weighted by Gasteiger charge is -2.44. The Morgan fingerprint density at radius 3 is 1.61 bits per heavy atom. The van der Waals surface area contributed by atoms with Crippen LogP contribution in [0.1, 0.15) is 110 Å². The minimum Gasteiger partial charge on any atom is -0.444 e. The Labute approximate surface area is 370 Å². The monoisotopic (exact) mass is 813 g/mol. The molecule has 312 valence electrons. The summed E-state index contributed by atoms with van der Waals surface area (Å²) in [6.07, 6.45) is 2.18. The Hall–Kier alpha value is -5.94. The second-order valence-electron chi connectivity index (χ2n) is 21.5. The van der Waals surface area contributed by atoms with Gasteiger partial charge in [-0.2, -0.15) is 0 Å². The van der Waals surface area contributed by atoms with E-state index in [2.05, 4.69) is 230 Å². The summed E-state index contributed by atoms with van der Waals surface area (Å²) in [5.74, 6) is 2.09. The molecule has 6 aromatic carbocycles. The van der Waals surface area contributed by atoms with Gasteiger partial charge in [0.15, 0.2) is 5.88 Å². The van der Waals surface area contributed by atoms with Crippen LogP contribution in [0.3, 0.4) is 0 Å². The summed E-state index contributed by atoms with van der Waals surface area (Å²) in [5, 5.41) is 0.